The van der Waals surface area contributed by atoms with Gasteiger partial charge in [0.25, 0.3) is 0 Å². The fraction of sp³-hybridized carbons (Fsp3) is 0.500. The van der Waals surface area contributed by atoms with Gasteiger partial charge < -0.3 is 20.7 Å². The molecule has 0 amide bonds. The highest BCUT2D eigenvalue weighted by atomic mass is 16.5. The lowest BCUT2D eigenvalue weighted by Crippen LogP contribution is -2.26. The second-order valence-electron chi connectivity index (χ2n) is 3.81. The Balaban J connectivity index is 2.93. The number of hydrogen-bond acceptors (Lipinski definition) is 4. The molecule has 0 aromatic heterocycles. The van der Waals surface area contributed by atoms with Crippen LogP contribution in [0, 0.1) is 0 Å². The number of ether oxygens (including phenoxy) is 1. The van der Waals surface area contributed by atoms with E-state index in [4.69, 9.17) is 10.5 Å². The largest absolute Gasteiger partial charge is 0.508 e. The molecule has 90 valence electrons. The van der Waals surface area contributed by atoms with Gasteiger partial charge in [0.1, 0.15) is 11.5 Å². The molecule has 16 heavy (non-hydrogen) atoms. The van der Waals surface area contributed by atoms with Crippen LogP contribution in [0.15, 0.2) is 18.2 Å². The van der Waals surface area contributed by atoms with Gasteiger partial charge in [-0.1, -0.05) is 13.3 Å². The number of phenolic OH excluding ortho intramolecular Hbond substituents is 1. The van der Waals surface area contributed by atoms with E-state index in [9.17, 15) is 10.2 Å². The number of nitrogens with two attached hydrogens (primary N) is 1. The van der Waals surface area contributed by atoms with Crippen molar-refractivity contribution in [1.29, 1.82) is 0 Å². The van der Waals surface area contributed by atoms with Crippen molar-refractivity contribution in [3.8, 4) is 11.5 Å². The van der Waals surface area contributed by atoms with E-state index < -0.39 is 12.1 Å². The monoisotopic (exact) mass is 225 g/mol. The quantitative estimate of drug-likeness (QED) is 0.711. The summed E-state index contributed by atoms with van der Waals surface area (Å²) in [6.45, 7) is 1.99. The summed E-state index contributed by atoms with van der Waals surface area (Å²) in [5.74, 6) is 0.625. The molecule has 1 aromatic carbocycles. The number of aliphatic hydroxyl groups excluding tert-OH is 1. The second-order valence-corrected chi connectivity index (χ2v) is 3.81. The minimum absolute atomic E-state index is 0.123. The van der Waals surface area contributed by atoms with Crippen molar-refractivity contribution < 1.29 is 14.9 Å². The van der Waals surface area contributed by atoms with Crippen molar-refractivity contribution in [3.05, 3.63) is 23.8 Å². The van der Waals surface area contributed by atoms with Crippen LogP contribution in [0.25, 0.3) is 0 Å². The van der Waals surface area contributed by atoms with Gasteiger partial charge in [0.15, 0.2) is 0 Å². The summed E-state index contributed by atoms with van der Waals surface area (Å²) in [5.41, 5.74) is 6.65. The topological polar surface area (TPSA) is 75.7 Å². The number of benzene rings is 1. The van der Waals surface area contributed by atoms with Gasteiger partial charge in [0.2, 0.25) is 0 Å². The number of hydrogen-bond donors (Lipinski definition) is 3. The molecule has 0 spiro atoms. The SMILES string of the molecule is CCC[C@@H](O)[C@@H](N)c1ccc(O)cc1OC. The van der Waals surface area contributed by atoms with E-state index in [0.29, 0.717) is 17.7 Å². The third-order valence-electron chi connectivity index (χ3n) is 2.58. The highest BCUT2D eigenvalue weighted by Gasteiger charge is 2.19. The summed E-state index contributed by atoms with van der Waals surface area (Å²) in [6, 6.07) is 4.22. The number of phenols is 1. The van der Waals surface area contributed by atoms with Crippen LogP contribution >= 0.6 is 0 Å². The molecule has 0 heterocycles. The van der Waals surface area contributed by atoms with Crippen molar-refractivity contribution in [2.45, 2.75) is 31.9 Å². The maximum atomic E-state index is 9.82. The summed E-state index contributed by atoms with van der Waals surface area (Å²) >= 11 is 0. The Kier molecular flexibility index (Phi) is 4.58. The molecule has 2 atom stereocenters. The Morgan fingerprint density at radius 3 is 2.69 bits per heavy atom. The average Bonchev–Trinajstić information content (AvgIpc) is 2.28. The molecule has 0 fully saturated rings. The van der Waals surface area contributed by atoms with Gasteiger partial charge >= 0.3 is 0 Å². The first-order valence-corrected chi connectivity index (χ1v) is 5.40. The number of methoxy groups -OCH3 is 1. The van der Waals surface area contributed by atoms with Gasteiger partial charge in [0.05, 0.1) is 19.3 Å². The van der Waals surface area contributed by atoms with Crippen LogP contribution in [0.2, 0.25) is 0 Å². The van der Waals surface area contributed by atoms with E-state index in [1.54, 1.807) is 6.07 Å². The van der Waals surface area contributed by atoms with Gasteiger partial charge in [-0.25, -0.2) is 0 Å². The molecule has 0 saturated heterocycles. The van der Waals surface area contributed by atoms with Crippen molar-refractivity contribution >= 4 is 0 Å². The zero-order valence-electron chi connectivity index (χ0n) is 9.68. The summed E-state index contributed by atoms with van der Waals surface area (Å²) in [4.78, 5) is 0. The third kappa shape index (κ3) is 2.87. The lowest BCUT2D eigenvalue weighted by atomic mass is 9.98. The zero-order valence-corrected chi connectivity index (χ0v) is 9.68. The molecule has 0 aliphatic carbocycles. The Morgan fingerprint density at radius 1 is 1.44 bits per heavy atom. The Morgan fingerprint density at radius 2 is 2.12 bits per heavy atom. The number of aromatic hydroxyl groups is 1. The molecule has 4 heteroatoms. The van der Waals surface area contributed by atoms with Crippen molar-refractivity contribution in [2.24, 2.45) is 5.73 Å². The van der Waals surface area contributed by atoms with Crippen LogP contribution in [-0.4, -0.2) is 23.4 Å². The average molecular weight is 225 g/mol. The number of rotatable bonds is 5. The highest BCUT2D eigenvalue weighted by molar-refractivity contribution is 5.42. The predicted octanol–water partition coefficient (Wildman–Crippen LogP) is 1.56. The summed E-state index contributed by atoms with van der Waals surface area (Å²) in [7, 11) is 1.51. The molecule has 4 nitrogen and oxygen atoms in total. The zero-order chi connectivity index (χ0) is 12.1. The second kappa shape index (κ2) is 5.72. The minimum Gasteiger partial charge on any atom is -0.508 e. The van der Waals surface area contributed by atoms with Gasteiger partial charge in [-0.3, -0.25) is 0 Å². The smallest absolute Gasteiger partial charge is 0.127 e. The molecule has 1 aromatic rings. The first-order chi connectivity index (χ1) is 7.60. The fourth-order valence-corrected chi connectivity index (χ4v) is 1.66. The van der Waals surface area contributed by atoms with E-state index in [1.165, 1.54) is 19.2 Å². The van der Waals surface area contributed by atoms with Crippen LogP contribution in [0.4, 0.5) is 0 Å². The van der Waals surface area contributed by atoms with Crippen LogP contribution < -0.4 is 10.5 Å². The third-order valence-corrected chi connectivity index (χ3v) is 2.58. The van der Waals surface area contributed by atoms with Crippen LogP contribution in [0.3, 0.4) is 0 Å². The Hall–Kier alpha value is -1.26. The molecular formula is C12H19NO3. The molecule has 0 aliphatic rings. The fourth-order valence-electron chi connectivity index (χ4n) is 1.66. The normalized spacial score (nSPS) is 14.5. The van der Waals surface area contributed by atoms with E-state index in [-0.39, 0.29) is 5.75 Å². The standard InChI is InChI=1S/C12H19NO3/c1-3-4-10(15)12(13)9-6-5-8(14)7-11(9)16-2/h5-7,10,12,14-15H,3-4,13H2,1-2H3/t10-,12+/m1/s1. The van der Waals surface area contributed by atoms with Crippen molar-refractivity contribution in [2.75, 3.05) is 7.11 Å². The predicted molar refractivity (Wildman–Crippen MR) is 62.5 cm³/mol. The van der Waals surface area contributed by atoms with Crippen molar-refractivity contribution in [1.82, 2.24) is 0 Å². The van der Waals surface area contributed by atoms with Gasteiger partial charge in [-0.2, -0.15) is 0 Å². The minimum atomic E-state index is -0.594. The van der Waals surface area contributed by atoms with Gasteiger partial charge in [0, 0.05) is 11.6 Å². The molecule has 0 bridgehead atoms. The molecule has 1 rings (SSSR count). The molecular weight excluding hydrogens is 206 g/mol. The summed E-state index contributed by atoms with van der Waals surface area (Å²) in [5, 5.41) is 19.1. The maximum absolute atomic E-state index is 9.82. The molecule has 0 unspecified atom stereocenters. The van der Waals surface area contributed by atoms with Crippen LogP contribution in [0.1, 0.15) is 31.4 Å². The van der Waals surface area contributed by atoms with Gasteiger partial charge in [-0.15, -0.1) is 0 Å². The molecule has 0 saturated carbocycles. The lowest BCUT2D eigenvalue weighted by molar-refractivity contribution is 0.133. The van der Waals surface area contributed by atoms with E-state index in [2.05, 4.69) is 0 Å². The summed E-state index contributed by atoms with van der Waals surface area (Å²) < 4.78 is 5.12. The van der Waals surface area contributed by atoms with E-state index in [1.807, 2.05) is 6.92 Å². The highest BCUT2D eigenvalue weighted by Crippen LogP contribution is 2.30. The maximum Gasteiger partial charge on any atom is 0.127 e. The summed E-state index contributed by atoms with van der Waals surface area (Å²) in [6.07, 6.45) is 0.920. The Labute approximate surface area is 95.7 Å². The van der Waals surface area contributed by atoms with Gasteiger partial charge in [-0.05, 0) is 18.6 Å². The number of aliphatic hydroxyl groups is 1. The molecule has 4 N–H and O–H groups in total. The molecule has 0 radical (unpaired) electrons. The van der Waals surface area contributed by atoms with E-state index in [0.717, 1.165) is 6.42 Å². The lowest BCUT2D eigenvalue weighted by Gasteiger charge is -2.20. The first kappa shape index (κ1) is 12.8. The Bertz CT molecular complexity index is 341. The van der Waals surface area contributed by atoms with Crippen LogP contribution in [0.5, 0.6) is 11.5 Å². The first-order valence-electron chi connectivity index (χ1n) is 5.40. The van der Waals surface area contributed by atoms with E-state index >= 15 is 0 Å². The molecule has 0 aliphatic heterocycles. The van der Waals surface area contributed by atoms with Crippen LogP contribution in [-0.2, 0) is 0 Å². The van der Waals surface area contributed by atoms with Crippen molar-refractivity contribution in [3.63, 3.8) is 0 Å².